The SMILES string of the molecule is O=C(O)C1CCCC1CNC(=O)N1CCc2ccccc21. The first-order chi connectivity index (χ1) is 10.2. The highest BCUT2D eigenvalue weighted by atomic mass is 16.4. The van der Waals surface area contributed by atoms with E-state index in [0.717, 1.165) is 31.4 Å². The molecule has 2 amide bonds. The molecule has 1 aromatic carbocycles. The molecule has 0 aromatic heterocycles. The lowest BCUT2D eigenvalue weighted by molar-refractivity contribution is -0.142. The van der Waals surface area contributed by atoms with E-state index in [0.29, 0.717) is 13.1 Å². The quantitative estimate of drug-likeness (QED) is 0.896. The van der Waals surface area contributed by atoms with Gasteiger partial charge >= 0.3 is 12.0 Å². The minimum atomic E-state index is -0.738. The smallest absolute Gasteiger partial charge is 0.321 e. The third-order valence-corrected chi connectivity index (χ3v) is 4.62. The van der Waals surface area contributed by atoms with Crippen molar-refractivity contribution in [2.75, 3.05) is 18.0 Å². The van der Waals surface area contributed by atoms with Crippen LogP contribution in [-0.2, 0) is 11.2 Å². The number of carbonyl (C=O) groups excluding carboxylic acids is 1. The molecule has 0 spiro atoms. The average Bonchev–Trinajstić information content (AvgIpc) is 3.11. The van der Waals surface area contributed by atoms with E-state index in [2.05, 4.69) is 5.32 Å². The van der Waals surface area contributed by atoms with Crippen LogP contribution in [0, 0.1) is 11.8 Å². The van der Waals surface area contributed by atoms with Crippen molar-refractivity contribution in [3.8, 4) is 0 Å². The minimum absolute atomic E-state index is 0.0595. The molecule has 1 aliphatic carbocycles. The molecule has 5 nitrogen and oxygen atoms in total. The van der Waals surface area contributed by atoms with Gasteiger partial charge in [0.15, 0.2) is 0 Å². The highest BCUT2D eigenvalue weighted by Gasteiger charge is 2.33. The zero-order valence-corrected chi connectivity index (χ0v) is 11.9. The number of benzene rings is 1. The van der Waals surface area contributed by atoms with Gasteiger partial charge in [0.25, 0.3) is 0 Å². The van der Waals surface area contributed by atoms with Gasteiger partial charge in [-0.15, -0.1) is 0 Å². The molecule has 0 radical (unpaired) electrons. The van der Waals surface area contributed by atoms with Crippen molar-refractivity contribution in [1.82, 2.24) is 5.32 Å². The summed E-state index contributed by atoms with van der Waals surface area (Å²) in [5, 5.41) is 12.1. The van der Waals surface area contributed by atoms with E-state index < -0.39 is 5.97 Å². The molecule has 0 bridgehead atoms. The van der Waals surface area contributed by atoms with Crippen molar-refractivity contribution in [3.63, 3.8) is 0 Å². The van der Waals surface area contributed by atoms with E-state index >= 15 is 0 Å². The van der Waals surface area contributed by atoms with Gasteiger partial charge in [0, 0.05) is 18.8 Å². The normalized spacial score (nSPS) is 23.9. The molecule has 2 aliphatic rings. The van der Waals surface area contributed by atoms with Gasteiger partial charge in [-0.1, -0.05) is 24.6 Å². The second-order valence-electron chi connectivity index (χ2n) is 5.85. The lowest BCUT2D eigenvalue weighted by atomic mass is 9.96. The average molecular weight is 288 g/mol. The van der Waals surface area contributed by atoms with Crippen LogP contribution in [0.25, 0.3) is 0 Å². The van der Waals surface area contributed by atoms with Crippen molar-refractivity contribution < 1.29 is 14.7 Å². The standard InChI is InChI=1S/C16H20N2O3/c19-15(20)13-6-3-5-12(13)10-17-16(21)18-9-8-11-4-1-2-7-14(11)18/h1-2,4,7,12-13H,3,5-6,8-10H2,(H,17,21)(H,19,20). The van der Waals surface area contributed by atoms with E-state index in [9.17, 15) is 9.59 Å². The Morgan fingerprint density at radius 1 is 1.29 bits per heavy atom. The molecule has 0 saturated heterocycles. The largest absolute Gasteiger partial charge is 0.481 e. The lowest BCUT2D eigenvalue weighted by Gasteiger charge is -2.21. The van der Waals surface area contributed by atoms with E-state index in [4.69, 9.17) is 5.11 Å². The molecule has 2 atom stereocenters. The Balaban J connectivity index is 1.59. The second kappa shape index (κ2) is 5.76. The molecule has 1 saturated carbocycles. The third-order valence-electron chi connectivity index (χ3n) is 4.62. The van der Waals surface area contributed by atoms with Gasteiger partial charge in [-0.3, -0.25) is 9.69 Å². The first kappa shape index (κ1) is 13.9. The maximum atomic E-state index is 12.3. The van der Waals surface area contributed by atoms with Crippen molar-refractivity contribution >= 4 is 17.7 Å². The number of hydrogen-bond acceptors (Lipinski definition) is 2. The number of carboxylic acids is 1. The summed E-state index contributed by atoms with van der Waals surface area (Å²) in [4.78, 5) is 25.2. The van der Waals surface area contributed by atoms with E-state index in [1.165, 1.54) is 5.56 Å². The first-order valence-corrected chi connectivity index (χ1v) is 7.53. The van der Waals surface area contributed by atoms with Crippen molar-refractivity contribution in [2.24, 2.45) is 11.8 Å². The minimum Gasteiger partial charge on any atom is -0.481 e. The van der Waals surface area contributed by atoms with Gasteiger partial charge in [0.1, 0.15) is 0 Å². The zero-order chi connectivity index (χ0) is 14.8. The van der Waals surface area contributed by atoms with Crippen LogP contribution in [0.5, 0.6) is 0 Å². The summed E-state index contributed by atoms with van der Waals surface area (Å²) in [5.41, 5.74) is 2.16. The van der Waals surface area contributed by atoms with Crippen LogP contribution in [0.1, 0.15) is 24.8 Å². The topological polar surface area (TPSA) is 69.6 Å². The summed E-state index contributed by atoms with van der Waals surface area (Å²) in [5.74, 6) is -0.987. The van der Waals surface area contributed by atoms with E-state index in [-0.39, 0.29) is 17.9 Å². The molecule has 21 heavy (non-hydrogen) atoms. The van der Waals surface area contributed by atoms with Crippen molar-refractivity contribution in [1.29, 1.82) is 0 Å². The Labute approximate surface area is 123 Å². The Morgan fingerprint density at radius 2 is 2.10 bits per heavy atom. The van der Waals surface area contributed by atoms with Gasteiger partial charge < -0.3 is 10.4 Å². The fraction of sp³-hybridized carbons (Fsp3) is 0.500. The number of carboxylic acid groups (broad SMARTS) is 1. The molecular weight excluding hydrogens is 268 g/mol. The molecular formula is C16H20N2O3. The maximum Gasteiger partial charge on any atom is 0.321 e. The van der Waals surface area contributed by atoms with Crippen LogP contribution in [0.3, 0.4) is 0 Å². The predicted octanol–water partition coefficient (Wildman–Crippen LogP) is 2.26. The van der Waals surface area contributed by atoms with Crippen LogP contribution in [-0.4, -0.2) is 30.2 Å². The molecule has 1 aromatic rings. The van der Waals surface area contributed by atoms with E-state index in [1.807, 2.05) is 24.3 Å². The fourth-order valence-electron chi connectivity index (χ4n) is 3.47. The molecule has 1 aliphatic heterocycles. The van der Waals surface area contributed by atoms with Crippen LogP contribution in [0.15, 0.2) is 24.3 Å². The number of nitrogens with one attached hydrogen (secondary N) is 1. The number of anilines is 1. The monoisotopic (exact) mass is 288 g/mol. The fourth-order valence-corrected chi connectivity index (χ4v) is 3.47. The molecule has 3 rings (SSSR count). The summed E-state index contributed by atoms with van der Waals surface area (Å²) >= 11 is 0. The van der Waals surface area contributed by atoms with Gasteiger partial charge in [-0.25, -0.2) is 4.79 Å². The molecule has 1 heterocycles. The third kappa shape index (κ3) is 2.73. The number of aliphatic carboxylic acids is 1. The molecule has 1 fully saturated rings. The van der Waals surface area contributed by atoms with Gasteiger partial charge in [0.05, 0.1) is 5.92 Å². The summed E-state index contributed by atoms with van der Waals surface area (Å²) in [6.07, 6.45) is 3.42. The molecule has 2 N–H and O–H groups in total. The number of carbonyl (C=O) groups is 2. The van der Waals surface area contributed by atoms with Crippen LogP contribution in [0.2, 0.25) is 0 Å². The first-order valence-electron chi connectivity index (χ1n) is 7.53. The molecule has 112 valence electrons. The van der Waals surface area contributed by atoms with Gasteiger partial charge in [0.2, 0.25) is 0 Å². The van der Waals surface area contributed by atoms with E-state index in [1.54, 1.807) is 4.90 Å². The number of amides is 2. The zero-order valence-electron chi connectivity index (χ0n) is 11.9. The van der Waals surface area contributed by atoms with Gasteiger partial charge in [-0.2, -0.15) is 0 Å². The highest BCUT2D eigenvalue weighted by molar-refractivity contribution is 5.94. The highest BCUT2D eigenvalue weighted by Crippen LogP contribution is 2.32. The maximum absolute atomic E-state index is 12.3. The van der Waals surface area contributed by atoms with Crippen LogP contribution in [0.4, 0.5) is 10.5 Å². The number of hydrogen-bond donors (Lipinski definition) is 2. The summed E-state index contributed by atoms with van der Waals surface area (Å²) in [7, 11) is 0. The lowest BCUT2D eigenvalue weighted by Crippen LogP contribution is -2.42. The number of nitrogens with zero attached hydrogens (tertiary/aromatic N) is 1. The Morgan fingerprint density at radius 3 is 2.90 bits per heavy atom. The number of para-hydroxylation sites is 1. The Bertz CT molecular complexity index is 558. The Kier molecular flexibility index (Phi) is 3.82. The Hall–Kier alpha value is -2.04. The molecule has 2 unspecified atom stereocenters. The number of urea groups is 1. The van der Waals surface area contributed by atoms with Crippen LogP contribution >= 0.6 is 0 Å². The number of rotatable bonds is 3. The predicted molar refractivity (Wildman–Crippen MR) is 79.4 cm³/mol. The number of fused-ring (bicyclic) bond motifs is 1. The molecule has 5 heteroatoms. The second-order valence-corrected chi connectivity index (χ2v) is 5.85. The summed E-state index contributed by atoms with van der Waals surface area (Å²) in [6, 6.07) is 7.80. The van der Waals surface area contributed by atoms with Crippen molar-refractivity contribution in [3.05, 3.63) is 29.8 Å². The van der Waals surface area contributed by atoms with Gasteiger partial charge in [-0.05, 0) is 36.8 Å². The summed E-state index contributed by atoms with van der Waals surface area (Å²) < 4.78 is 0. The van der Waals surface area contributed by atoms with Crippen molar-refractivity contribution in [2.45, 2.75) is 25.7 Å². The van der Waals surface area contributed by atoms with Crippen LogP contribution < -0.4 is 10.2 Å². The summed E-state index contributed by atoms with van der Waals surface area (Å²) in [6.45, 7) is 1.15.